The van der Waals surface area contributed by atoms with Gasteiger partial charge < -0.3 is 50.9 Å². The highest BCUT2D eigenvalue weighted by Gasteiger charge is 2.52. The van der Waals surface area contributed by atoms with Gasteiger partial charge in [0.2, 0.25) is 12.6 Å². The lowest BCUT2D eigenvalue weighted by Gasteiger charge is -2.48. The molecule has 0 spiro atoms. The standard InChI is InChI=1S/C32H45N2O7.2BrH/c1-4-5-6-7-8-9-10-11-18-34-19-14-28(15-20-34)30-38-24-32(22-36,26(3)40-30)41-31(21-35)23-37-29(39-25(31)2)27-12-16-33-17-13-27;;/h12-17,19-20,29-30,35-36H,2-11,18,21-24H2,1H3;2*1H/q+1;;/p-1. The number of aryl methyl sites for hydroxylation is 1. The van der Waals surface area contributed by atoms with E-state index in [0.717, 1.165) is 24.1 Å². The van der Waals surface area contributed by atoms with Gasteiger partial charge in [-0.3, -0.25) is 4.98 Å². The van der Waals surface area contributed by atoms with Crippen LogP contribution in [-0.4, -0.2) is 52.8 Å². The van der Waals surface area contributed by atoms with Crippen LogP contribution in [0.1, 0.15) is 82.0 Å². The van der Waals surface area contributed by atoms with E-state index >= 15 is 0 Å². The first-order chi connectivity index (χ1) is 19.9. The second kappa shape index (κ2) is 18.2. The van der Waals surface area contributed by atoms with Gasteiger partial charge in [0, 0.05) is 42.1 Å². The third-order valence-electron chi connectivity index (χ3n) is 7.79. The van der Waals surface area contributed by atoms with Gasteiger partial charge in [0.05, 0.1) is 26.4 Å². The Bertz CT molecular complexity index is 1120. The summed E-state index contributed by atoms with van der Waals surface area (Å²) < 4.78 is 32.3. The van der Waals surface area contributed by atoms with E-state index in [0.29, 0.717) is 0 Å². The van der Waals surface area contributed by atoms with Crippen LogP contribution < -0.4 is 21.5 Å². The van der Waals surface area contributed by atoms with Crippen LogP contribution in [0.3, 0.4) is 0 Å². The van der Waals surface area contributed by atoms with Gasteiger partial charge in [0.1, 0.15) is 18.1 Å². The van der Waals surface area contributed by atoms with Crippen LogP contribution in [0.25, 0.3) is 0 Å². The third-order valence-corrected chi connectivity index (χ3v) is 7.79. The van der Waals surface area contributed by atoms with E-state index in [-0.39, 0.29) is 58.7 Å². The van der Waals surface area contributed by atoms with Crippen molar-refractivity contribution in [3.05, 3.63) is 84.9 Å². The highest BCUT2D eigenvalue weighted by Crippen LogP contribution is 2.42. The van der Waals surface area contributed by atoms with Crippen molar-refractivity contribution in [2.24, 2.45) is 0 Å². The topological polar surface area (TPSA) is 103 Å². The normalized spacial score (nSPS) is 25.2. The van der Waals surface area contributed by atoms with Gasteiger partial charge in [-0.05, 0) is 18.6 Å². The lowest BCUT2D eigenvalue weighted by Crippen LogP contribution is -3.00. The fourth-order valence-corrected chi connectivity index (χ4v) is 5.05. The Kier molecular flexibility index (Phi) is 15.8. The van der Waals surface area contributed by atoms with Gasteiger partial charge in [-0.15, -0.1) is 17.0 Å². The maximum atomic E-state index is 10.4. The molecule has 2 aromatic rings. The average molecular weight is 731 g/mol. The molecule has 4 rings (SSSR count). The Morgan fingerprint density at radius 1 is 0.814 bits per heavy atom. The molecule has 2 fully saturated rings. The van der Waals surface area contributed by atoms with Crippen LogP contribution in [0.2, 0.25) is 0 Å². The molecule has 4 heterocycles. The number of unbranched alkanes of at least 4 members (excludes halogenated alkanes) is 7. The van der Waals surface area contributed by atoms with Crippen LogP contribution in [0.5, 0.6) is 0 Å². The van der Waals surface area contributed by atoms with Crippen molar-refractivity contribution in [1.29, 1.82) is 0 Å². The quantitative estimate of drug-likeness (QED) is 0.213. The molecular formula is C32H46Br2N2O7. The number of hydrogen-bond donors (Lipinski definition) is 2. The first-order valence-corrected chi connectivity index (χ1v) is 14.7. The number of ether oxygens (including phenoxy) is 5. The van der Waals surface area contributed by atoms with Gasteiger partial charge in [-0.2, -0.15) is 0 Å². The van der Waals surface area contributed by atoms with Gasteiger partial charge in [0.15, 0.2) is 23.6 Å². The van der Waals surface area contributed by atoms with Crippen LogP contribution in [-0.2, 0) is 30.2 Å². The lowest BCUT2D eigenvalue weighted by atomic mass is 9.97. The van der Waals surface area contributed by atoms with E-state index in [4.69, 9.17) is 23.7 Å². The first kappa shape index (κ1) is 37.3. The maximum Gasteiger partial charge on any atom is 0.226 e. The average Bonchev–Trinajstić information content (AvgIpc) is 3.01. The Hall–Kier alpha value is -1.86. The first-order valence-electron chi connectivity index (χ1n) is 14.7. The summed E-state index contributed by atoms with van der Waals surface area (Å²) in [4.78, 5) is 4.00. The molecule has 0 saturated carbocycles. The SMILES string of the molecule is Br.C=C1OC(c2ccncc2)OCC1(CO)OC1(CO)COC(c2cc[n+](CCCCCCCCCC)cc2)OC1=C.[Br-]. The minimum Gasteiger partial charge on any atom is -1.00 e. The molecule has 11 heteroatoms. The molecule has 0 amide bonds. The summed E-state index contributed by atoms with van der Waals surface area (Å²) >= 11 is 0. The Morgan fingerprint density at radius 2 is 1.28 bits per heavy atom. The fourth-order valence-electron chi connectivity index (χ4n) is 5.05. The molecule has 43 heavy (non-hydrogen) atoms. The Morgan fingerprint density at radius 3 is 1.74 bits per heavy atom. The molecule has 2 saturated heterocycles. The molecule has 4 unspecified atom stereocenters. The van der Waals surface area contributed by atoms with Crippen LogP contribution >= 0.6 is 17.0 Å². The highest BCUT2D eigenvalue weighted by molar-refractivity contribution is 8.93. The molecule has 240 valence electrons. The van der Waals surface area contributed by atoms with E-state index in [9.17, 15) is 10.2 Å². The number of pyridine rings is 2. The van der Waals surface area contributed by atoms with E-state index < -0.39 is 37.0 Å². The van der Waals surface area contributed by atoms with E-state index in [1.165, 1.54) is 44.9 Å². The third kappa shape index (κ3) is 9.56. The predicted octanol–water partition coefficient (Wildman–Crippen LogP) is 2.39. The monoisotopic (exact) mass is 728 g/mol. The number of aromatic nitrogens is 2. The highest BCUT2D eigenvalue weighted by atomic mass is 79.9. The van der Waals surface area contributed by atoms with Gasteiger partial charge in [-0.25, -0.2) is 4.57 Å². The van der Waals surface area contributed by atoms with Crippen LogP contribution in [0.4, 0.5) is 0 Å². The largest absolute Gasteiger partial charge is 1.00 e. The molecule has 0 radical (unpaired) electrons. The molecular weight excluding hydrogens is 684 g/mol. The Labute approximate surface area is 276 Å². The summed E-state index contributed by atoms with van der Waals surface area (Å²) in [5, 5.41) is 20.7. The zero-order chi connectivity index (χ0) is 29.1. The maximum absolute atomic E-state index is 10.4. The number of rotatable bonds is 15. The molecule has 2 aliphatic rings. The molecule has 2 aliphatic heterocycles. The van der Waals surface area contributed by atoms with Crippen LogP contribution in [0, 0.1) is 0 Å². The van der Waals surface area contributed by atoms with Crippen molar-refractivity contribution < 1.29 is 55.4 Å². The second-order valence-electron chi connectivity index (χ2n) is 10.9. The second-order valence-corrected chi connectivity index (χ2v) is 10.9. The van der Waals surface area contributed by atoms with Gasteiger partial charge >= 0.3 is 0 Å². The van der Waals surface area contributed by atoms with Crippen molar-refractivity contribution in [2.75, 3.05) is 26.4 Å². The molecule has 0 bridgehead atoms. The lowest BCUT2D eigenvalue weighted by molar-refractivity contribution is -0.697. The van der Waals surface area contributed by atoms with Gasteiger partial charge in [-0.1, -0.05) is 58.6 Å². The summed E-state index contributed by atoms with van der Waals surface area (Å²) in [6.45, 7) is 10.1. The number of hydrogen-bond acceptors (Lipinski definition) is 8. The van der Waals surface area contributed by atoms with E-state index in [1.54, 1.807) is 24.5 Å². The minimum atomic E-state index is -1.46. The molecule has 0 aliphatic carbocycles. The van der Waals surface area contributed by atoms with Gasteiger partial charge in [0.25, 0.3) is 0 Å². The van der Waals surface area contributed by atoms with Crippen molar-refractivity contribution >= 4 is 17.0 Å². The molecule has 4 atom stereocenters. The number of aliphatic hydroxyl groups is 2. The predicted molar refractivity (Wildman–Crippen MR) is 162 cm³/mol. The van der Waals surface area contributed by atoms with E-state index in [2.05, 4.69) is 29.6 Å². The molecule has 2 aromatic heterocycles. The van der Waals surface area contributed by atoms with E-state index in [1.807, 2.05) is 24.5 Å². The molecule has 0 aromatic carbocycles. The summed E-state index contributed by atoms with van der Waals surface area (Å²) in [7, 11) is 0. The minimum absolute atomic E-state index is 0. The summed E-state index contributed by atoms with van der Waals surface area (Å²) in [6.07, 6.45) is 16.2. The number of nitrogens with zero attached hydrogens (tertiary/aromatic N) is 2. The fraction of sp³-hybridized carbons (Fsp3) is 0.562. The Balaban J connectivity index is 0.00000323. The van der Waals surface area contributed by atoms with Crippen molar-refractivity contribution in [1.82, 2.24) is 4.98 Å². The summed E-state index contributed by atoms with van der Waals surface area (Å²) in [5.41, 5.74) is -1.33. The zero-order valence-corrected chi connectivity index (χ0v) is 28.3. The zero-order valence-electron chi connectivity index (χ0n) is 25.0. The summed E-state index contributed by atoms with van der Waals surface area (Å²) in [6, 6.07) is 7.47. The van der Waals surface area contributed by atoms with Crippen LogP contribution in [0.15, 0.2) is 73.7 Å². The molecule has 2 N–H and O–H groups in total. The number of halogens is 2. The molecule has 9 nitrogen and oxygen atoms in total. The smallest absolute Gasteiger partial charge is 0.226 e. The van der Waals surface area contributed by atoms with Crippen molar-refractivity contribution in [3.63, 3.8) is 0 Å². The van der Waals surface area contributed by atoms with Crippen molar-refractivity contribution in [3.8, 4) is 0 Å². The summed E-state index contributed by atoms with van der Waals surface area (Å²) in [5.74, 6) is 0.351. The number of aliphatic hydroxyl groups excluding tert-OH is 2. The van der Waals surface area contributed by atoms with Crippen molar-refractivity contribution in [2.45, 2.75) is 88.6 Å².